The predicted octanol–water partition coefficient (Wildman–Crippen LogP) is 3.68. The van der Waals surface area contributed by atoms with Crippen LogP contribution in [0.4, 0.5) is 5.00 Å². The first kappa shape index (κ1) is 18.8. The Kier molecular flexibility index (Phi) is 5.36. The average Bonchev–Trinajstić information content (AvgIpc) is 3.16. The molecule has 3 rings (SSSR count). The Morgan fingerprint density at radius 3 is 2.56 bits per heavy atom. The number of carbonyl (C=O) groups excluding carboxylic acids is 2. The Morgan fingerprint density at radius 2 is 1.89 bits per heavy atom. The molecule has 0 saturated carbocycles. The van der Waals surface area contributed by atoms with Gasteiger partial charge in [-0.1, -0.05) is 23.4 Å². The van der Waals surface area contributed by atoms with Gasteiger partial charge in [-0.2, -0.15) is 0 Å². The molecule has 0 aliphatic rings. The molecule has 7 nitrogen and oxygen atoms in total. The van der Waals surface area contributed by atoms with E-state index in [2.05, 4.69) is 15.6 Å². The van der Waals surface area contributed by atoms with Crippen molar-refractivity contribution in [2.24, 2.45) is 0 Å². The summed E-state index contributed by atoms with van der Waals surface area (Å²) in [6.45, 7) is 7.53. The Hall–Kier alpha value is -3.00. The number of carbonyl (C=O) groups is 2. The number of rotatable bonds is 5. The second-order valence-electron chi connectivity index (χ2n) is 5.93. The summed E-state index contributed by atoms with van der Waals surface area (Å²) in [7, 11) is 0. The fourth-order valence-electron chi connectivity index (χ4n) is 2.68. The molecule has 0 unspecified atom stereocenters. The highest BCUT2D eigenvalue weighted by atomic mass is 32.1. The lowest BCUT2D eigenvalue weighted by Gasteiger charge is -2.07. The number of ether oxygens (including phenoxy) is 1. The van der Waals surface area contributed by atoms with Crippen LogP contribution in [0.5, 0.6) is 0 Å². The van der Waals surface area contributed by atoms with Gasteiger partial charge in [0.2, 0.25) is 0 Å². The van der Waals surface area contributed by atoms with Gasteiger partial charge in [-0.25, -0.2) is 9.48 Å². The van der Waals surface area contributed by atoms with E-state index in [1.54, 1.807) is 18.5 Å². The van der Waals surface area contributed by atoms with Gasteiger partial charge in [0.1, 0.15) is 5.00 Å². The fourth-order valence-corrected chi connectivity index (χ4v) is 3.72. The molecule has 0 bridgehead atoms. The van der Waals surface area contributed by atoms with Crippen molar-refractivity contribution >= 4 is 28.2 Å². The highest BCUT2D eigenvalue weighted by Crippen LogP contribution is 2.33. The molecule has 0 aliphatic carbocycles. The van der Waals surface area contributed by atoms with Crippen molar-refractivity contribution in [2.45, 2.75) is 27.7 Å². The van der Waals surface area contributed by atoms with Crippen molar-refractivity contribution in [3.8, 4) is 5.69 Å². The third-order valence-electron chi connectivity index (χ3n) is 4.20. The van der Waals surface area contributed by atoms with E-state index >= 15 is 0 Å². The van der Waals surface area contributed by atoms with Crippen molar-refractivity contribution < 1.29 is 14.3 Å². The van der Waals surface area contributed by atoms with Crippen LogP contribution in [0, 0.1) is 20.8 Å². The molecule has 27 heavy (non-hydrogen) atoms. The number of aryl methyl sites for hydroxylation is 1. The standard InChI is InChI=1S/C19H20N4O3S/c1-5-26-19(25)15-11(2)13(4)27-18(15)20-17(24)16-12(3)23(22-21-16)14-9-7-6-8-10-14/h6-10H,5H2,1-4H3,(H,20,24). The third kappa shape index (κ3) is 3.61. The van der Waals surface area contributed by atoms with E-state index in [-0.39, 0.29) is 12.3 Å². The first-order valence-electron chi connectivity index (χ1n) is 8.50. The number of anilines is 1. The van der Waals surface area contributed by atoms with Crippen LogP contribution in [0.3, 0.4) is 0 Å². The van der Waals surface area contributed by atoms with Crippen LogP contribution in [-0.4, -0.2) is 33.5 Å². The Morgan fingerprint density at radius 1 is 1.19 bits per heavy atom. The smallest absolute Gasteiger partial charge is 0.341 e. The van der Waals surface area contributed by atoms with Crippen molar-refractivity contribution in [3.63, 3.8) is 0 Å². The number of hydrogen-bond donors (Lipinski definition) is 1. The number of amides is 1. The molecule has 1 N–H and O–H groups in total. The maximum Gasteiger partial charge on any atom is 0.341 e. The average molecular weight is 384 g/mol. The maximum absolute atomic E-state index is 12.8. The molecule has 0 spiro atoms. The minimum Gasteiger partial charge on any atom is -0.462 e. The number of para-hydroxylation sites is 1. The topological polar surface area (TPSA) is 86.1 Å². The molecule has 1 amide bonds. The van der Waals surface area contributed by atoms with Crippen LogP contribution in [-0.2, 0) is 4.74 Å². The summed E-state index contributed by atoms with van der Waals surface area (Å²) in [4.78, 5) is 26.0. The van der Waals surface area contributed by atoms with Crippen LogP contribution in [0.25, 0.3) is 5.69 Å². The van der Waals surface area contributed by atoms with Crippen molar-refractivity contribution in [3.05, 3.63) is 57.7 Å². The van der Waals surface area contributed by atoms with Gasteiger partial charge in [-0.15, -0.1) is 16.4 Å². The minimum absolute atomic E-state index is 0.206. The summed E-state index contributed by atoms with van der Waals surface area (Å²) in [5, 5.41) is 11.4. The summed E-state index contributed by atoms with van der Waals surface area (Å²) in [6, 6.07) is 9.45. The maximum atomic E-state index is 12.8. The van der Waals surface area contributed by atoms with Crippen LogP contribution >= 0.6 is 11.3 Å². The van der Waals surface area contributed by atoms with Gasteiger partial charge in [-0.05, 0) is 45.4 Å². The molecule has 2 heterocycles. The lowest BCUT2D eigenvalue weighted by molar-refractivity contribution is 0.0527. The van der Waals surface area contributed by atoms with Crippen molar-refractivity contribution in [2.75, 3.05) is 11.9 Å². The molecular formula is C19H20N4O3S. The Bertz CT molecular complexity index is 992. The monoisotopic (exact) mass is 384 g/mol. The van der Waals surface area contributed by atoms with Gasteiger partial charge in [-0.3, -0.25) is 4.79 Å². The summed E-state index contributed by atoms with van der Waals surface area (Å²) < 4.78 is 6.72. The molecule has 0 atom stereocenters. The van der Waals surface area contributed by atoms with Gasteiger partial charge in [0.15, 0.2) is 5.69 Å². The SMILES string of the molecule is CCOC(=O)c1c(NC(=O)c2nnn(-c3ccccc3)c2C)sc(C)c1C. The molecule has 0 saturated heterocycles. The zero-order valence-electron chi connectivity index (χ0n) is 15.6. The molecule has 8 heteroatoms. The first-order chi connectivity index (χ1) is 12.9. The highest BCUT2D eigenvalue weighted by Gasteiger charge is 2.24. The van der Waals surface area contributed by atoms with Gasteiger partial charge in [0.05, 0.1) is 23.6 Å². The third-order valence-corrected chi connectivity index (χ3v) is 5.33. The largest absolute Gasteiger partial charge is 0.462 e. The van der Waals surface area contributed by atoms with E-state index in [4.69, 9.17) is 4.74 Å². The number of esters is 1. The van der Waals surface area contributed by atoms with E-state index in [9.17, 15) is 9.59 Å². The molecule has 3 aromatic rings. The molecule has 2 aromatic heterocycles. The van der Waals surface area contributed by atoms with E-state index < -0.39 is 11.9 Å². The number of nitrogens with zero attached hydrogens (tertiary/aromatic N) is 3. The van der Waals surface area contributed by atoms with E-state index in [0.717, 1.165) is 16.1 Å². The molecule has 1 aromatic carbocycles. The van der Waals surface area contributed by atoms with Gasteiger partial charge >= 0.3 is 5.97 Å². The first-order valence-corrected chi connectivity index (χ1v) is 9.31. The molecule has 0 fully saturated rings. The van der Waals surface area contributed by atoms with Crippen LogP contribution < -0.4 is 5.32 Å². The quantitative estimate of drug-likeness (QED) is 0.678. The normalized spacial score (nSPS) is 10.7. The number of aromatic nitrogens is 3. The number of nitrogens with one attached hydrogen (secondary N) is 1. The second kappa shape index (κ2) is 7.71. The summed E-state index contributed by atoms with van der Waals surface area (Å²) in [5.74, 6) is -0.860. The van der Waals surface area contributed by atoms with Gasteiger partial charge in [0.25, 0.3) is 5.91 Å². The van der Waals surface area contributed by atoms with Gasteiger partial charge in [0, 0.05) is 4.88 Å². The summed E-state index contributed by atoms with van der Waals surface area (Å²) >= 11 is 1.34. The van der Waals surface area contributed by atoms with Crippen LogP contribution in [0.15, 0.2) is 30.3 Å². The number of benzene rings is 1. The van der Waals surface area contributed by atoms with Crippen molar-refractivity contribution in [1.82, 2.24) is 15.0 Å². The Balaban J connectivity index is 1.90. The highest BCUT2D eigenvalue weighted by molar-refractivity contribution is 7.16. The van der Waals surface area contributed by atoms with E-state index in [0.29, 0.717) is 16.3 Å². The summed E-state index contributed by atoms with van der Waals surface area (Å²) in [5.41, 5.74) is 2.83. The number of hydrogen-bond acceptors (Lipinski definition) is 6. The summed E-state index contributed by atoms with van der Waals surface area (Å²) in [6.07, 6.45) is 0. The molecular weight excluding hydrogens is 364 g/mol. The predicted molar refractivity (Wildman–Crippen MR) is 104 cm³/mol. The van der Waals surface area contributed by atoms with Crippen molar-refractivity contribution in [1.29, 1.82) is 0 Å². The molecule has 140 valence electrons. The van der Waals surface area contributed by atoms with E-state index in [1.807, 2.05) is 44.2 Å². The van der Waals surface area contributed by atoms with E-state index in [1.165, 1.54) is 11.3 Å². The zero-order valence-corrected chi connectivity index (χ0v) is 16.4. The second-order valence-corrected chi connectivity index (χ2v) is 7.16. The molecule has 0 radical (unpaired) electrons. The minimum atomic E-state index is -0.445. The molecule has 0 aliphatic heterocycles. The van der Waals surface area contributed by atoms with Crippen LogP contribution in [0.1, 0.15) is 43.9 Å². The van der Waals surface area contributed by atoms with Gasteiger partial charge < -0.3 is 10.1 Å². The lowest BCUT2D eigenvalue weighted by atomic mass is 10.1. The Labute approximate surface area is 161 Å². The zero-order chi connectivity index (χ0) is 19.6. The number of thiophene rings is 1. The lowest BCUT2D eigenvalue weighted by Crippen LogP contribution is -2.16. The van der Waals surface area contributed by atoms with Crippen LogP contribution in [0.2, 0.25) is 0 Å². The fraction of sp³-hybridized carbons (Fsp3) is 0.263.